The monoisotopic (exact) mass is 326 g/mol. The molecule has 0 atom stereocenters. The third kappa shape index (κ3) is 2.15. The minimum atomic E-state index is -0.320. The lowest BCUT2D eigenvalue weighted by atomic mass is 10.2. The van der Waals surface area contributed by atoms with Crippen LogP contribution in [0.1, 0.15) is 17.7 Å². The maximum absolute atomic E-state index is 13.4. The Bertz CT molecular complexity index is 610. The molecule has 0 aliphatic heterocycles. The van der Waals surface area contributed by atoms with Gasteiger partial charge in [-0.3, -0.25) is 0 Å². The normalized spacial score (nSPS) is 13.7. The summed E-state index contributed by atoms with van der Waals surface area (Å²) in [4.78, 5) is 8.75. The Morgan fingerprint density at radius 1 is 1.17 bits per heavy atom. The van der Waals surface area contributed by atoms with Gasteiger partial charge in [0.05, 0.1) is 0 Å². The number of halogens is 3. The van der Waals surface area contributed by atoms with E-state index in [4.69, 9.17) is 11.6 Å². The predicted molar refractivity (Wildman–Crippen MR) is 72.2 cm³/mol. The average Bonchev–Trinajstić information content (AvgIpc) is 2.76. The first-order valence-electron chi connectivity index (χ1n) is 5.65. The van der Waals surface area contributed by atoms with Crippen LogP contribution in [0.3, 0.4) is 0 Å². The summed E-state index contributed by atoms with van der Waals surface area (Å²) in [6, 6.07) is 4.60. The SMILES string of the molecule is Fc1cc(Br)cc(-c2nc(Cl)c3c(n2)CCC3)c1. The van der Waals surface area contributed by atoms with Crippen molar-refractivity contribution < 1.29 is 4.39 Å². The van der Waals surface area contributed by atoms with E-state index >= 15 is 0 Å². The fourth-order valence-corrected chi connectivity index (χ4v) is 2.95. The molecule has 1 aromatic heterocycles. The molecule has 3 rings (SSSR count). The number of nitrogens with zero attached hydrogens (tertiary/aromatic N) is 2. The first-order valence-corrected chi connectivity index (χ1v) is 6.82. The summed E-state index contributed by atoms with van der Waals surface area (Å²) in [6.45, 7) is 0. The van der Waals surface area contributed by atoms with Gasteiger partial charge in [-0.05, 0) is 37.5 Å². The molecule has 1 aliphatic carbocycles. The lowest BCUT2D eigenvalue weighted by Crippen LogP contribution is -1.97. The first-order chi connectivity index (χ1) is 8.63. The number of rotatable bonds is 1. The summed E-state index contributed by atoms with van der Waals surface area (Å²) in [5.41, 5.74) is 2.67. The largest absolute Gasteiger partial charge is 0.233 e. The van der Waals surface area contributed by atoms with Crippen LogP contribution in [0.5, 0.6) is 0 Å². The van der Waals surface area contributed by atoms with Crippen LogP contribution in [0.25, 0.3) is 11.4 Å². The van der Waals surface area contributed by atoms with Gasteiger partial charge in [0.1, 0.15) is 11.0 Å². The molecule has 1 aromatic carbocycles. The van der Waals surface area contributed by atoms with Crippen LogP contribution in [0.15, 0.2) is 22.7 Å². The zero-order chi connectivity index (χ0) is 12.7. The van der Waals surface area contributed by atoms with Crippen molar-refractivity contribution >= 4 is 27.5 Å². The zero-order valence-electron chi connectivity index (χ0n) is 9.38. The first kappa shape index (κ1) is 12.1. The van der Waals surface area contributed by atoms with Gasteiger partial charge in [0.2, 0.25) is 0 Å². The van der Waals surface area contributed by atoms with Gasteiger partial charge >= 0.3 is 0 Å². The van der Waals surface area contributed by atoms with Crippen LogP contribution in [0.4, 0.5) is 4.39 Å². The van der Waals surface area contributed by atoms with Crippen molar-refractivity contribution in [2.45, 2.75) is 19.3 Å². The van der Waals surface area contributed by atoms with E-state index in [-0.39, 0.29) is 5.82 Å². The van der Waals surface area contributed by atoms with Crippen LogP contribution < -0.4 is 0 Å². The second-order valence-corrected chi connectivity index (χ2v) is 5.55. The Labute approximate surface area is 117 Å². The molecular formula is C13H9BrClFN2. The molecule has 0 N–H and O–H groups in total. The second-order valence-electron chi connectivity index (χ2n) is 4.27. The molecule has 0 saturated carbocycles. The lowest BCUT2D eigenvalue weighted by molar-refractivity contribution is 0.627. The van der Waals surface area contributed by atoms with Crippen molar-refractivity contribution in [2.75, 3.05) is 0 Å². The van der Waals surface area contributed by atoms with Crippen molar-refractivity contribution in [3.63, 3.8) is 0 Å². The maximum atomic E-state index is 13.4. The zero-order valence-corrected chi connectivity index (χ0v) is 11.7. The van der Waals surface area contributed by atoms with Crippen molar-refractivity contribution in [2.24, 2.45) is 0 Å². The summed E-state index contributed by atoms with van der Waals surface area (Å²) in [5.74, 6) is 0.167. The van der Waals surface area contributed by atoms with E-state index in [1.54, 1.807) is 6.07 Å². The Morgan fingerprint density at radius 3 is 2.78 bits per heavy atom. The number of benzene rings is 1. The Balaban J connectivity index is 2.15. The molecule has 2 nitrogen and oxygen atoms in total. The van der Waals surface area contributed by atoms with E-state index in [0.29, 0.717) is 21.0 Å². The minimum absolute atomic E-state index is 0.320. The molecule has 0 unspecified atom stereocenters. The van der Waals surface area contributed by atoms with E-state index < -0.39 is 0 Å². The number of aryl methyl sites for hydroxylation is 1. The van der Waals surface area contributed by atoms with E-state index in [0.717, 1.165) is 30.5 Å². The topological polar surface area (TPSA) is 25.8 Å². The Morgan fingerprint density at radius 2 is 2.00 bits per heavy atom. The fraction of sp³-hybridized carbons (Fsp3) is 0.231. The highest BCUT2D eigenvalue weighted by atomic mass is 79.9. The highest BCUT2D eigenvalue weighted by Crippen LogP contribution is 2.30. The van der Waals surface area contributed by atoms with E-state index in [9.17, 15) is 4.39 Å². The quantitative estimate of drug-likeness (QED) is 0.734. The molecule has 1 heterocycles. The molecule has 0 amide bonds. The fourth-order valence-electron chi connectivity index (χ4n) is 2.20. The third-order valence-electron chi connectivity index (χ3n) is 3.00. The highest BCUT2D eigenvalue weighted by molar-refractivity contribution is 9.10. The molecule has 18 heavy (non-hydrogen) atoms. The van der Waals surface area contributed by atoms with Crippen LogP contribution in [0, 0.1) is 5.82 Å². The van der Waals surface area contributed by atoms with Crippen LogP contribution in [-0.2, 0) is 12.8 Å². The van der Waals surface area contributed by atoms with Gasteiger partial charge in [-0.2, -0.15) is 0 Å². The van der Waals surface area contributed by atoms with Gasteiger partial charge in [-0.1, -0.05) is 27.5 Å². The summed E-state index contributed by atoms with van der Waals surface area (Å²) >= 11 is 9.41. The predicted octanol–water partition coefficient (Wildman–Crippen LogP) is 4.19. The molecular weight excluding hydrogens is 319 g/mol. The minimum Gasteiger partial charge on any atom is -0.233 e. The van der Waals surface area contributed by atoms with Crippen molar-refractivity contribution in [1.29, 1.82) is 0 Å². The third-order valence-corrected chi connectivity index (χ3v) is 3.77. The van der Waals surface area contributed by atoms with E-state index in [1.165, 1.54) is 12.1 Å². The Kier molecular flexibility index (Phi) is 3.08. The molecule has 0 bridgehead atoms. The summed E-state index contributed by atoms with van der Waals surface area (Å²) in [5, 5.41) is 0.493. The van der Waals surface area contributed by atoms with Crippen LogP contribution >= 0.6 is 27.5 Å². The second kappa shape index (κ2) is 4.59. The average molecular weight is 328 g/mol. The van der Waals surface area contributed by atoms with Gasteiger partial charge in [0.25, 0.3) is 0 Å². The molecule has 5 heteroatoms. The standard InChI is InChI=1S/C13H9BrClFN2/c14-8-4-7(5-9(16)6-8)13-17-11-3-1-2-10(11)12(15)18-13/h4-6H,1-3H2. The smallest absolute Gasteiger partial charge is 0.161 e. The molecule has 0 saturated heterocycles. The van der Waals surface area contributed by atoms with E-state index in [2.05, 4.69) is 25.9 Å². The number of hydrogen-bond acceptors (Lipinski definition) is 2. The van der Waals surface area contributed by atoms with Gasteiger partial charge in [0.15, 0.2) is 5.82 Å². The molecule has 0 fully saturated rings. The highest BCUT2D eigenvalue weighted by Gasteiger charge is 2.19. The van der Waals surface area contributed by atoms with Gasteiger partial charge < -0.3 is 0 Å². The van der Waals surface area contributed by atoms with Crippen molar-refractivity contribution in [1.82, 2.24) is 9.97 Å². The van der Waals surface area contributed by atoms with Gasteiger partial charge in [-0.25, -0.2) is 14.4 Å². The van der Waals surface area contributed by atoms with Gasteiger partial charge in [0, 0.05) is 21.3 Å². The maximum Gasteiger partial charge on any atom is 0.161 e. The van der Waals surface area contributed by atoms with Crippen LogP contribution in [-0.4, -0.2) is 9.97 Å². The summed E-state index contributed by atoms with van der Waals surface area (Å²) in [6.07, 6.45) is 2.91. The van der Waals surface area contributed by atoms with E-state index in [1.807, 2.05) is 0 Å². The number of fused-ring (bicyclic) bond motifs is 1. The van der Waals surface area contributed by atoms with Crippen molar-refractivity contribution in [3.8, 4) is 11.4 Å². The molecule has 0 radical (unpaired) electrons. The molecule has 1 aliphatic rings. The number of aromatic nitrogens is 2. The Hall–Kier alpha value is -1.00. The molecule has 0 spiro atoms. The summed E-state index contributed by atoms with van der Waals surface area (Å²) in [7, 11) is 0. The van der Waals surface area contributed by atoms with Gasteiger partial charge in [-0.15, -0.1) is 0 Å². The molecule has 92 valence electrons. The number of hydrogen-bond donors (Lipinski definition) is 0. The molecule has 2 aromatic rings. The lowest BCUT2D eigenvalue weighted by Gasteiger charge is -2.06. The van der Waals surface area contributed by atoms with Crippen molar-refractivity contribution in [3.05, 3.63) is 44.9 Å². The summed E-state index contributed by atoms with van der Waals surface area (Å²) < 4.78 is 14.0. The van der Waals surface area contributed by atoms with Crippen LogP contribution in [0.2, 0.25) is 5.15 Å².